The number of anilines is 1. The fourth-order valence-electron chi connectivity index (χ4n) is 3.23. The van der Waals surface area contributed by atoms with E-state index in [1.165, 1.54) is 4.90 Å². The van der Waals surface area contributed by atoms with E-state index in [1.807, 2.05) is 18.2 Å². The summed E-state index contributed by atoms with van der Waals surface area (Å²) in [6.45, 7) is 4.89. The second-order valence-electron chi connectivity index (χ2n) is 6.27. The lowest BCUT2D eigenvalue weighted by molar-refractivity contribution is 0.0670. The van der Waals surface area contributed by atoms with Crippen LogP contribution in [-0.2, 0) is 16.0 Å². The van der Waals surface area contributed by atoms with Gasteiger partial charge in [0.25, 0.3) is 0 Å². The van der Waals surface area contributed by atoms with Crippen LogP contribution in [0.4, 0.5) is 10.7 Å². The molecule has 0 radical (unpaired) electrons. The maximum atomic E-state index is 11.2. The highest BCUT2D eigenvalue weighted by molar-refractivity contribution is 5.78. The van der Waals surface area contributed by atoms with E-state index in [-0.39, 0.29) is 0 Å². The SMILES string of the molecule is COCCOCCn1c(N2CCCN(C(=O)O)CC2)nc2ccccc21. The first kappa shape index (κ1) is 18.5. The molecule has 0 aliphatic carbocycles. The van der Waals surface area contributed by atoms with E-state index in [1.54, 1.807) is 7.11 Å². The largest absolute Gasteiger partial charge is 0.465 e. The molecule has 1 saturated heterocycles. The molecule has 3 rings (SSSR count). The summed E-state index contributed by atoms with van der Waals surface area (Å²) in [4.78, 5) is 19.7. The van der Waals surface area contributed by atoms with Gasteiger partial charge in [-0.25, -0.2) is 9.78 Å². The van der Waals surface area contributed by atoms with Gasteiger partial charge in [-0.15, -0.1) is 0 Å². The zero-order chi connectivity index (χ0) is 18.4. The molecule has 0 unspecified atom stereocenters. The Balaban J connectivity index is 1.78. The molecule has 1 aromatic heterocycles. The Morgan fingerprint density at radius 1 is 1.15 bits per heavy atom. The number of imidazole rings is 1. The van der Waals surface area contributed by atoms with Crippen molar-refractivity contribution in [3.05, 3.63) is 24.3 Å². The van der Waals surface area contributed by atoms with Crippen molar-refractivity contribution in [3.8, 4) is 0 Å². The Kier molecular flexibility index (Phi) is 6.30. The van der Waals surface area contributed by atoms with E-state index >= 15 is 0 Å². The highest BCUT2D eigenvalue weighted by Crippen LogP contribution is 2.23. The molecule has 26 heavy (non-hydrogen) atoms. The quantitative estimate of drug-likeness (QED) is 0.758. The number of fused-ring (bicyclic) bond motifs is 1. The van der Waals surface area contributed by atoms with Gasteiger partial charge in [0.1, 0.15) is 0 Å². The number of carbonyl (C=O) groups is 1. The van der Waals surface area contributed by atoms with Crippen molar-refractivity contribution in [2.24, 2.45) is 0 Å². The number of hydrogen-bond donors (Lipinski definition) is 1. The number of amides is 1. The third kappa shape index (κ3) is 4.25. The predicted octanol–water partition coefficient (Wildman–Crippen LogP) is 1.89. The number of aromatic nitrogens is 2. The molecular formula is C18H26N4O4. The Labute approximate surface area is 152 Å². The molecule has 8 nitrogen and oxygen atoms in total. The highest BCUT2D eigenvalue weighted by Gasteiger charge is 2.22. The molecule has 1 aliphatic heterocycles. The Hall–Kier alpha value is -2.32. The number of nitrogens with zero attached hydrogens (tertiary/aromatic N) is 4. The lowest BCUT2D eigenvalue weighted by atomic mass is 10.3. The van der Waals surface area contributed by atoms with Crippen LogP contribution in [0.3, 0.4) is 0 Å². The topological polar surface area (TPSA) is 80.1 Å². The number of rotatable bonds is 7. The minimum atomic E-state index is -0.855. The van der Waals surface area contributed by atoms with Crippen molar-refractivity contribution in [2.45, 2.75) is 13.0 Å². The monoisotopic (exact) mass is 362 g/mol. The Bertz CT molecular complexity index is 733. The maximum Gasteiger partial charge on any atom is 0.407 e. The number of methoxy groups -OCH3 is 1. The van der Waals surface area contributed by atoms with Gasteiger partial charge in [0.2, 0.25) is 5.95 Å². The fourth-order valence-corrected chi connectivity index (χ4v) is 3.23. The van der Waals surface area contributed by atoms with Crippen LogP contribution in [0.2, 0.25) is 0 Å². The average molecular weight is 362 g/mol. The molecule has 2 heterocycles. The summed E-state index contributed by atoms with van der Waals surface area (Å²) in [5, 5.41) is 9.24. The second kappa shape index (κ2) is 8.86. The van der Waals surface area contributed by atoms with Crippen LogP contribution in [0.15, 0.2) is 24.3 Å². The third-order valence-electron chi connectivity index (χ3n) is 4.57. The molecule has 1 amide bonds. The summed E-state index contributed by atoms with van der Waals surface area (Å²) in [6.07, 6.45) is -0.0632. The number of benzene rings is 1. The van der Waals surface area contributed by atoms with Crippen LogP contribution >= 0.6 is 0 Å². The average Bonchev–Trinajstić information content (AvgIpc) is 2.83. The molecule has 8 heteroatoms. The standard InChI is InChI=1S/C18H26N4O4/c1-25-13-14-26-12-11-22-16-6-3-2-5-15(16)19-17(22)20-7-4-8-21(10-9-20)18(23)24/h2-3,5-6H,4,7-14H2,1H3,(H,23,24). The predicted molar refractivity (Wildman–Crippen MR) is 98.9 cm³/mol. The molecule has 0 spiro atoms. The molecule has 1 aromatic carbocycles. The molecule has 1 aliphatic rings. The van der Waals surface area contributed by atoms with Gasteiger partial charge in [0.15, 0.2) is 0 Å². The second-order valence-corrected chi connectivity index (χ2v) is 6.27. The lowest BCUT2D eigenvalue weighted by Crippen LogP contribution is -2.35. The first-order chi connectivity index (χ1) is 12.7. The fraction of sp³-hybridized carbons (Fsp3) is 0.556. The molecule has 142 valence electrons. The molecule has 0 saturated carbocycles. The van der Waals surface area contributed by atoms with Gasteiger partial charge in [0.05, 0.1) is 30.9 Å². The third-order valence-corrected chi connectivity index (χ3v) is 4.57. The van der Waals surface area contributed by atoms with Crippen molar-refractivity contribution in [3.63, 3.8) is 0 Å². The minimum absolute atomic E-state index is 0.489. The first-order valence-electron chi connectivity index (χ1n) is 8.95. The lowest BCUT2D eigenvalue weighted by Gasteiger charge is -2.23. The van der Waals surface area contributed by atoms with Gasteiger partial charge in [-0.2, -0.15) is 0 Å². The van der Waals surface area contributed by atoms with Crippen molar-refractivity contribution < 1.29 is 19.4 Å². The molecule has 0 atom stereocenters. The van der Waals surface area contributed by atoms with Gasteiger partial charge in [-0.1, -0.05) is 12.1 Å². The van der Waals surface area contributed by atoms with Crippen molar-refractivity contribution in [1.29, 1.82) is 0 Å². The van der Waals surface area contributed by atoms with Crippen LogP contribution in [-0.4, -0.2) is 78.8 Å². The summed E-state index contributed by atoms with van der Waals surface area (Å²) >= 11 is 0. The summed E-state index contributed by atoms with van der Waals surface area (Å²) < 4.78 is 12.8. The highest BCUT2D eigenvalue weighted by atomic mass is 16.5. The number of ether oxygens (including phenoxy) is 2. The van der Waals surface area contributed by atoms with Crippen LogP contribution in [0.5, 0.6) is 0 Å². The number of para-hydroxylation sites is 2. The maximum absolute atomic E-state index is 11.2. The first-order valence-corrected chi connectivity index (χ1v) is 8.95. The summed E-state index contributed by atoms with van der Waals surface area (Å²) in [6, 6.07) is 8.04. The van der Waals surface area contributed by atoms with Crippen LogP contribution in [0.1, 0.15) is 6.42 Å². The summed E-state index contributed by atoms with van der Waals surface area (Å²) in [5.74, 6) is 0.883. The van der Waals surface area contributed by atoms with E-state index in [9.17, 15) is 9.90 Å². The van der Waals surface area contributed by atoms with Gasteiger partial charge in [0, 0.05) is 39.8 Å². The molecule has 1 fully saturated rings. The summed E-state index contributed by atoms with van der Waals surface area (Å²) in [7, 11) is 1.66. The zero-order valence-electron chi connectivity index (χ0n) is 15.1. The molecule has 1 N–H and O–H groups in total. The Morgan fingerprint density at radius 2 is 2.00 bits per heavy atom. The molecular weight excluding hydrogens is 336 g/mol. The van der Waals surface area contributed by atoms with Crippen molar-refractivity contribution in [2.75, 3.05) is 58.0 Å². The van der Waals surface area contributed by atoms with E-state index in [0.717, 1.165) is 29.9 Å². The zero-order valence-corrected chi connectivity index (χ0v) is 15.1. The van der Waals surface area contributed by atoms with E-state index < -0.39 is 6.09 Å². The van der Waals surface area contributed by atoms with Gasteiger partial charge < -0.3 is 28.9 Å². The number of hydrogen-bond acceptors (Lipinski definition) is 5. The molecule has 0 bridgehead atoms. The van der Waals surface area contributed by atoms with Crippen molar-refractivity contribution >= 4 is 23.1 Å². The Morgan fingerprint density at radius 3 is 2.81 bits per heavy atom. The smallest absolute Gasteiger partial charge is 0.407 e. The van der Waals surface area contributed by atoms with Crippen molar-refractivity contribution in [1.82, 2.24) is 14.5 Å². The summed E-state index contributed by atoms with van der Waals surface area (Å²) in [5.41, 5.74) is 2.01. The van der Waals surface area contributed by atoms with Crippen LogP contribution in [0, 0.1) is 0 Å². The molecule has 2 aromatic rings. The van der Waals surface area contributed by atoms with Gasteiger partial charge >= 0.3 is 6.09 Å². The van der Waals surface area contributed by atoms with Gasteiger partial charge in [-0.3, -0.25) is 0 Å². The normalized spacial score (nSPS) is 15.4. The van der Waals surface area contributed by atoms with E-state index in [2.05, 4.69) is 15.5 Å². The van der Waals surface area contributed by atoms with Crippen LogP contribution < -0.4 is 4.90 Å². The van der Waals surface area contributed by atoms with Gasteiger partial charge in [-0.05, 0) is 18.6 Å². The minimum Gasteiger partial charge on any atom is -0.465 e. The van der Waals surface area contributed by atoms with E-state index in [4.69, 9.17) is 14.5 Å². The van der Waals surface area contributed by atoms with Crippen LogP contribution in [0.25, 0.3) is 11.0 Å². The van der Waals surface area contributed by atoms with E-state index in [0.29, 0.717) is 46.0 Å². The number of carboxylic acid groups (broad SMARTS) is 1.